The zero-order valence-electron chi connectivity index (χ0n) is 40.4. The minimum Gasteiger partial charge on any atom is -0.465 e. The van der Waals surface area contributed by atoms with Crippen LogP contribution in [-0.2, 0) is 42.9 Å². The van der Waals surface area contributed by atoms with Crippen molar-refractivity contribution in [3.63, 3.8) is 0 Å². The van der Waals surface area contributed by atoms with Gasteiger partial charge in [0, 0.05) is 19.6 Å². The van der Waals surface area contributed by atoms with E-state index in [0.717, 1.165) is 51.4 Å². The van der Waals surface area contributed by atoms with E-state index < -0.39 is 39.8 Å². The summed E-state index contributed by atoms with van der Waals surface area (Å²) in [5.41, 5.74) is -3.08. The largest absolute Gasteiger partial charge is 0.465 e. The van der Waals surface area contributed by atoms with Gasteiger partial charge in [-0.25, -0.2) is 0 Å². The molecule has 1 saturated heterocycles. The number of unbranched alkanes of at least 4 members (excludes halogenated alkanes) is 6. The maximum Gasteiger partial charge on any atom is 0.311 e. The van der Waals surface area contributed by atoms with Crippen LogP contribution in [0.3, 0.4) is 0 Å². The van der Waals surface area contributed by atoms with Gasteiger partial charge < -0.3 is 49.2 Å². The van der Waals surface area contributed by atoms with Crippen molar-refractivity contribution in [3.8, 4) is 0 Å². The number of aliphatic hydroxyl groups is 3. The van der Waals surface area contributed by atoms with E-state index in [-0.39, 0.29) is 43.3 Å². The first-order valence-corrected chi connectivity index (χ1v) is 22.6. The van der Waals surface area contributed by atoms with Crippen LogP contribution in [0.5, 0.6) is 0 Å². The number of nitrogens with one attached hydrogen (secondary N) is 1. The predicted molar refractivity (Wildman–Crippen MR) is 236 cm³/mol. The van der Waals surface area contributed by atoms with Crippen LogP contribution in [0.25, 0.3) is 0 Å². The number of carbonyl (C=O) groups excluding carboxylic acids is 4. The summed E-state index contributed by atoms with van der Waals surface area (Å²) < 4.78 is 26.7. The van der Waals surface area contributed by atoms with Crippen molar-refractivity contribution in [2.45, 2.75) is 185 Å². The molecule has 0 spiro atoms. The second kappa shape index (κ2) is 31.5. The minimum absolute atomic E-state index is 0.0513. The highest BCUT2D eigenvalue weighted by molar-refractivity contribution is 5.81. The molecule has 0 amide bonds. The Bertz CT molecular complexity index is 1180. The highest BCUT2D eigenvalue weighted by Gasteiger charge is 2.44. The Hall–Kier alpha value is -2.36. The van der Waals surface area contributed by atoms with Gasteiger partial charge in [-0.2, -0.15) is 0 Å². The highest BCUT2D eigenvalue weighted by Crippen LogP contribution is 2.40. The molecule has 0 aromatic carbocycles. The lowest BCUT2D eigenvalue weighted by Gasteiger charge is -2.34. The van der Waals surface area contributed by atoms with Crippen molar-refractivity contribution in [1.29, 1.82) is 0 Å². The third-order valence-electron chi connectivity index (χ3n) is 10.6. The van der Waals surface area contributed by atoms with Crippen LogP contribution in [0.15, 0.2) is 0 Å². The number of likely N-dealkylation sites (N-methyl/N-ethyl adjacent to an activating group) is 2. The van der Waals surface area contributed by atoms with E-state index in [1.54, 1.807) is 39.6 Å². The van der Waals surface area contributed by atoms with Crippen LogP contribution < -0.4 is 5.32 Å². The van der Waals surface area contributed by atoms with E-state index in [2.05, 4.69) is 19.2 Å². The number of nitrogens with zero attached hydrogens (tertiary/aromatic N) is 1. The van der Waals surface area contributed by atoms with E-state index in [1.165, 1.54) is 0 Å². The quantitative estimate of drug-likeness (QED) is 0.0260. The lowest BCUT2D eigenvalue weighted by Crippen LogP contribution is -2.40. The molecule has 6 atom stereocenters. The van der Waals surface area contributed by atoms with Crippen LogP contribution in [0.1, 0.15) is 160 Å². The van der Waals surface area contributed by atoms with Gasteiger partial charge >= 0.3 is 23.9 Å². The Kier molecular flexibility index (Phi) is 31.3. The number of epoxide rings is 1. The Morgan fingerprint density at radius 2 is 1.10 bits per heavy atom. The van der Waals surface area contributed by atoms with Gasteiger partial charge in [-0.15, -0.1) is 0 Å². The third-order valence-corrected chi connectivity index (χ3v) is 10.6. The first-order valence-electron chi connectivity index (χ1n) is 22.6. The van der Waals surface area contributed by atoms with Crippen LogP contribution in [-0.4, -0.2) is 135 Å². The number of rotatable bonds is 30. The SMILES string of the molecule is CCCCCCOC(=O)C(C)(CC)CC(C)(C)C(=O)OCC(O)CN(C)CC(C)O.CCCCCCOC(=O)C(C)(CC)CC(C)(C)C(=O)OCC1CO1.CNCC(C)O. The predicted octanol–water partition coefficient (Wildman–Crippen LogP) is 6.63. The molecule has 4 N–H and O–H groups in total. The summed E-state index contributed by atoms with van der Waals surface area (Å²) in [5, 5.41) is 30.8. The Morgan fingerprint density at radius 1 is 0.667 bits per heavy atom. The van der Waals surface area contributed by atoms with Gasteiger partial charge in [0.15, 0.2) is 0 Å². The van der Waals surface area contributed by atoms with Crippen LogP contribution in [0, 0.1) is 21.7 Å². The molecule has 0 aromatic heterocycles. The van der Waals surface area contributed by atoms with Crippen LogP contribution in [0.4, 0.5) is 0 Å². The van der Waals surface area contributed by atoms with E-state index in [9.17, 15) is 29.4 Å². The molecule has 0 radical (unpaired) electrons. The lowest BCUT2D eigenvalue weighted by atomic mass is 9.72. The monoisotopic (exact) mass is 863 g/mol. The van der Waals surface area contributed by atoms with Crippen LogP contribution in [0.2, 0.25) is 0 Å². The molecular formula is C46H90N2O12. The fraction of sp³-hybridized carbons (Fsp3) is 0.913. The molecule has 356 valence electrons. The maximum absolute atomic E-state index is 12.7. The average Bonchev–Trinajstić information content (AvgIpc) is 4.00. The number of esters is 4. The number of carbonyl (C=O) groups is 4. The third kappa shape index (κ3) is 27.6. The molecule has 1 aliphatic rings. The fourth-order valence-electron chi connectivity index (χ4n) is 6.64. The molecule has 1 rings (SSSR count). The molecule has 1 aliphatic heterocycles. The molecule has 0 aromatic rings. The molecule has 1 heterocycles. The van der Waals surface area contributed by atoms with Crippen molar-refractivity contribution in [2.75, 3.05) is 66.8 Å². The summed E-state index contributed by atoms with van der Waals surface area (Å²) in [5.74, 6) is -1.22. The number of hydrogen-bond acceptors (Lipinski definition) is 14. The number of ether oxygens (including phenoxy) is 5. The van der Waals surface area contributed by atoms with Crippen molar-refractivity contribution < 1.29 is 58.2 Å². The highest BCUT2D eigenvalue weighted by atomic mass is 16.6. The molecule has 1 fully saturated rings. The molecule has 6 unspecified atom stereocenters. The molecular weight excluding hydrogens is 773 g/mol. The van der Waals surface area contributed by atoms with E-state index in [0.29, 0.717) is 65.2 Å². The zero-order chi connectivity index (χ0) is 46.6. The molecule has 14 nitrogen and oxygen atoms in total. The lowest BCUT2D eigenvalue weighted by molar-refractivity contribution is -0.165. The van der Waals surface area contributed by atoms with Gasteiger partial charge in [0.05, 0.1) is 53.7 Å². The summed E-state index contributed by atoms with van der Waals surface area (Å²) in [6.45, 7) is 25.5. The Labute approximate surface area is 364 Å². The number of hydrogen-bond donors (Lipinski definition) is 4. The van der Waals surface area contributed by atoms with E-state index in [4.69, 9.17) is 28.8 Å². The van der Waals surface area contributed by atoms with Crippen molar-refractivity contribution in [1.82, 2.24) is 10.2 Å². The van der Waals surface area contributed by atoms with Gasteiger partial charge in [-0.1, -0.05) is 66.2 Å². The van der Waals surface area contributed by atoms with Crippen molar-refractivity contribution in [3.05, 3.63) is 0 Å². The van der Waals surface area contributed by atoms with Gasteiger partial charge in [-0.05, 0) is 108 Å². The summed E-state index contributed by atoms with van der Waals surface area (Å²) in [6, 6.07) is 0. The second-order valence-corrected chi connectivity index (χ2v) is 18.6. The van der Waals surface area contributed by atoms with Gasteiger partial charge in [0.2, 0.25) is 0 Å². The summed E-state index contributed by atoms with van der Waals surface area (Å²) in [6.07, 6.45) is 8.83. The summed E-state index contributed by atoms with van der Waals surface area (Å²) in [4.78, 5) is 51.9. The molecule has 0 aliphatic carbocycles. The van der Waals surface area contributed by atoms with Crippen molar-refractivity contribution >= 4 is 23.9 Å². The first kappa shape index (κ1) is 59.7. The molecule has 0 bridgehead atoms. The second-order valence-electron chi connectivity index (χ2n) is 18.6. The maximum atomic E-state index is 12.7. The van der Waals surface area contributed by atoms with Gasteiger partial charge in [0.25, 0.3) is 0 Å². The van der Waals surface area contributed by atoms with E-state index >= 15 is 0 Å². The first-order chi connectivity index (χ1) is 27.9. The van der Waals surface area contributed by atoms with Crippen molar-refractivity contribution in [2.24, 2.45) is 21.7 Å². The summed E-state index contributed by atoms with van der Waals surface area (Å²) in [7, 11) is 3.59. The van der Waals surface area contributed by atoms with Gasteiger partial charge in [-0.3, -0.25) is 19.2 Å². The zero-order valence-corrected chi connectivity index (χ0v) is 40.4. The van der Waals surface area contributed by atoms with Crippen LogP contribution >= 0.6 is 0 Å². The Morgan fingerprint density at radius 3 is 1.43 bits per heavy atom. The van der Waals surface area contributed by atoms with E-state index in [1.807, 2.05) is 48.6 Å². The summed E-state index contributed by atoms with van der Waals surface area (Å²) >= 11 is 0. The molecule has 14 heteroatoms. The normalized spacial score (nSPS) is 17.3. The molecule has 60 heavy (non-hydrogen) atoms. The number of aliphatic hydroxyl groups excluding tert-OH is 3. The smallest absolute Gasteiger partial charge is 0.311 e. The average molecular weight is 863 g/mol. The standard InChI is InChI=1S/C23H45NO6.C19H34O5.C4H11NO/c1-8-10-11-12-13-29-21(28)23(6,9-2)17-22(4,5)20(27)30-16-19(26)15-24(7)14-18(3)25;1-6-8-9-10-11-22-17(21)19(5,7-2)14-18(3,4)16(20)24-13-15-12-23-15;1-4(6)3-5-2/h18-19,25-26H,8-17H2,1-7H3;15H,6-14H2,1-5H3;4-6H,3H2,1-2H3. The fourth-order valence-corrected chi connectivity index (χ4v) is 6.64. The van der Waals surface area contributed by atoms with Gasteiger partial charge in [0.1, 0.15) is 25.4 Å². The Balaban J connectivity index is 0. The topological polar surface area (TPSA) is 194 Å². The molecule has 0 saturated carbocycles. The minimum atomic E-state index is -0.892.